The lowest BCUT2D eigenvalue weighted by Crippen LogP contribution is -2.87. The Labute approximate surface area is 93.9 Å². The van der Waals surface area contributed by atoms with Crippen molar-refractivity contribution in [2.75, 3.05) is 0 Å². The predicted molar refractivity (Wildman–Crippen MR) is 65.9 cm³/mol. The highest BCUT2D eigenvalue weighted by Gasteiger charge is 2.03. The van der Waals surface area contributed by atoms with Crippen molar-refractivity contribution in [3.63, 3.8) is 0 Å². The Kier molecular flexibility index (Phi) is 4.83. The molecular weight excluding hydrogens is 182 g/mol. The zero-order valence-electron chi connectivity index (χ0n) is 10.5. The number of hydrogen-bond acceptors (Lipinski definition) is 0. The van der Waals surface area contributed by atoms with E-state index in [-0.39, 0.29) is 0 Å². The fourth-order valence-electron chi connectivity index (χ4n) is 1.54. The lowest BCUT2D eigenvalue weighted by atomic mass is 10.0. The van der Waals surface area contributed by atoms with E-state index in [9.17, 15) is 0 Å². The van der Waals surface area contributed by atoms with Gasteiger partial charge >= 0.3 is 0 Å². The predicted octanol–water partition coefficient (Wildman–Crippen LogP) is 2.67. The molecule has 0 aliphatic heterocycles. The van der Waals surface area contributed by atoms with Crippen LogP contribution in [0.15, 0.2) is 24.3 Å². The van der Waals surface area contributed by atoms with Gasteiger partial charge in [-0.3, -0.25) is 0 Å². The molecule has 0 spiro atoms. The van der Waals surface area contributed by atoms with E-state index in [1.54, 1.807) is 0 Å². The molecule has 0 bridgehead atoms. The van der Waals surface area contributed by atoms with Crippen LogP contribution in [0.5, 0.6) is 0 Å². The molecule has 2 N–H and O–H groups in total. The molecule has 0 amide bonds. The molecule has 15 heavy (non-hydrogen) atoms. The molecule has 1 aromatic rings. The minimum Gasteiger partial charge on any atom is -0.340 e. The average Bonchev–Trinajstić information content (AvgIpc) is 2.26. The molecule has 0 heterocycles. The van der Waals surface area contributed by atoms with Crippen LogP contribution in [-0.4, -0.2) is 6.04 Å². The van der Waals surface area contributed by atoms with Gasteiger partial charge in [0.2, 0.25) is 0 Å². The largest absolute Gasteiger partial charge is 0.340 e. The van der Waals surface area contributed by atoms with Crippen molar-refractivity contribution in [1.82, 2.24) is 0 Å². The smallest absolute Gasteiger partial charge is 0.101 e. The van der Waals surface area contributed by atoms with E-state index in [0.717, 1.165) is 12.6 Å². The fourth-order valence-corrected chi connectivity index (χ4v) is 1.54. The van der Waals surface area contributed by atoms with Crippen LogP contribution in [0.25, 0.3) is 0 Å². The monoisotopic (exact) mass is 206 g/mol. The van der Waals surface area contributed by atoms with Gasteiger partial charge < -0.3 is 5.32 Å². The molecule has 0 fully saturated rings. The molecular formula is C14H24N+. The van der Waals surface area contributed by atoms with E-state index >= 15 is 0 Å². The van der Waals surface area contributed by atoms with Crippen LogP contribution >= 0.6 is 0 Å². The second-order valence-corrected chi connectivity index (χ2v) is 4.72. The maximum absolute atomic E-state index is 2.41. The molecule has 0 saturated heterocycles. The van der Waals surface area contributed by atoms with Crippen LogP contribution in [0.2, 0.25) is 0 Å². The molecule has 1 rings (SSSR count). The fraction of sp³-hybridized carbons (Fsp3) is 0.571. The summed E-state index contributed by atoms with van der Waals surface area (Å²) in [5.74, 6) is 0.637. The van der Waals surface area contributed by atoms with Gasteiger partial charge in [-0.05, 0) is 24.8 Å². The molecule has 1 atom stereocenters. The van der Waals surface area contributed by atoms with Crippen molar-refractivity contribution in [3.05, 3.63) is 35.4 Å². The third kappa shape index (κ3) is 4.05. The third-order valence-electron chi connectivity index (χ3n) is 3.05. The van der Waals surface area contributed by atoms with Gasteiger partial charge in [-0.15, -0.1) is 0 Å². The summed E-state index contributed by atoms with van der Waals surface area (Å²) in [6, 6.07) is 9.76. The Morgan fingerprint density at radius 3 is 2.13 bits per heavy atom. The molecule has 1 nitrogen and oxygen atoms in total. The highest BCUT2D eigenvalue weighted by atomic mass is 14.9. The van der Waals surface area contributed by atoms with Crippen LogP contribution in [0.4, 0.5) is 0 Å². The van der Waals surface area contributed by atoms with Crippen LogP contribution < -0.4 is 5.32 Å². The summed E-state index contributed by atoms with van der Waals surface area (Å²) in [5.41, 5.74) is 2.86. The Hall–Kier alpha value is -0.820. The van der Waals surface area contributed by atoms with Gasteiger partial charge in [-0.25, -0.2) is 0 Å². The molecule has 0 radical (unpaired) electrons. The second kappa shape index (κ2) is 5.92. The minimum atomic E-state index is 0.637. The Balaban J connectivity index is 2.50. The lowest BCUT2D eigenvalue weighted by Gasteiger charge is -2.09. The van der Waals surface area contributed by atoms with Crippen LogP contribution in [-0.2, 0) is 6.54 Å². The number of quaternary nitrogens is 1. The molecule has 0 aromatic heterocycles. The quantitative estimate of drug-likeness (QED) is 0.763. The highest BCUT2D eigenvalue weighted by molar-refractivity contribution is 5.23. The van der Waals surface area contributed by atoms with Crippen molar-refractivity contribution in [2.24, 2.45) is 0 Å². The molecule has 84 valence electrons. The molecule has 0 saturated carbocycles. The zero-order valence-corrected chi connectivity index (χ0v) is 10.5. The summed E-state index contributed by atoms with van der Waals surface area (Å²) < 4.78 is 0. The standard InChI is InChI=1S/C14H23N/c1-5-12(4)15-10-13-6-8-14(9-7-13)11(2)3/h6-9,11-12,15H,5,10H2,1-4H3/p+1/t12-/m1/s1. The molecule has 0 aliphatic carbocycles. The van der Waals surface area contributed by atoms with E-state index in [2.05, 4.69) is 57.3 Å². The normalized spacial score (nSPS) is 13.1. The Morgan fingerprint density at radius 1 is 1.07 bits per heavy atom. The third-order valence-corrected chi connectivity index (χ3v) is 3.05. The Bertz CT molecular complexity index is 274. The highest BCUT2D eigenvalue weighted by Crippen LogP contribution is 2.14. The van der Waals surface area contributed by atoms with Gasteiger partial charge in [0.05, 0.1) is 6.04 Å². The first kappa shape index (κ1) is 12.3. The average molecular weight is 206 g/mol. The topological polar surface area (TPSA) is 16.6 Å². The van der Waals surface area contributed by atoms with Crippen molar-refractivity contribution in [2.45, 2.75) is 52.6 Å². The molecule has 0 unspecified atom stereocenters. The Morgan fingerprint density at radius 2 is 1.67 bits per heavy atom. The van der Waals surface area contributed by atoms with E-state index < -0.39 is 0 Å². The van der Waals surface area contributed by atoms with E-state index in [1.165, 1.54) is 17.5 Å². The van der Waals surface area contributed by atoms with Crippen LogP contribution in [0.3, 0.4) is 0 Å². The van der Waals surface area contributed by atoms with Gasteiger partial charge in [0.1, 0.15) is 6.54 Å². The van der Waals surface area contributed by atoms with Gasteiger partial charge in [0.15, 0.2) is 0 Å². The SMILES string of the molecule is CC[C@@H](C)[NH2+]Cc1ccc(C(C)C)cc1. The van der Waals surface area contributed by atoms with Gasteiger partial charge in [0, 0.05) is 5.56 Å². The van der Waals surface area contributed by atoms with E-state index in [0.29, 0.717) is 5.92 Å². The summed E-state index contributed by atoms with van der Waals surface area (Å²) in [5, 5.41) is 2.41. The number of rotatable bonds is 5. The number of benzene rings is 1. The first-order valence-electron chi connectivity index (χ1n) is 6.05. The first-order valence-corrected chi connectivity index (χ1v) is 6.05. The van der Waals surface area contributed by atoms with Crippen LogP contribution in [0, 0.1) is 0 Å². The summed E-state index contributed by atoms with van der Waals surface area (Å²) >= 11 is 0. The first-order chi connectivity index (χ1) is 7.13. The summed E-state index contributed by atoms with van der Waals surface area (Å²) in [4.78, 5) is 0. The van der Waals surface area contributed by atoms with Gasteiger partial charge in [-0.2, -0.15) is 0 Å². The van der Waals surface area contributed by atoms with Gasteiger partial charge in [0.25, 0.3) is 0 Å². The van der Waals surface area contributed by atoms with Gasteiger partial charge in [-0.1, -0.05) is 45.0 Å². The number of nitrogens with two attached hydrogens (primary N) is 1. The van der Waals surface area contributed by atoms with E-state index in [4.69, 9.17) is 0 Å². The summed E-state index contributed by atoms with van der Waals surface area (Å²) in [7, 11) is 0. The van der Waals surface area contributed by atoms with E-state index in [1.807, 2.05) is 0 Å². The summed E-state index contributed by atoms with van der Waals surface area (Å²) in [6.45, 7) is 10.1. The maximum Gasteiger partial charge on any atom is 0.101 e. The van der Waals surface area contributed by atoms with Crippen molar-refractivity contribution in [3.8, 4) is 0 Å². The molecule has 0 aliphatic rings. The minimum absolute atomic E-state index is 0.637. The zero-order chi connectivity index (χ0) is 11.3. The maximum atomic E-state index is 2.41. The number of hydrogen-bond donors (Lipinski definition) is 1. The molecule has 1 heteroatoms. The summed E-state index contributed by atoms with van der Waals surface area (Å²) in [6.07, 6.45) is 1.24. The van der Waals surface area contributed by atoms with Crippen molar-refractivity contribution < 1.29 is 5.32 Å². The van der Waals surface area contributed by atoms with Crippen molar-refractivity contribution in [1.29, 1.82) is 0 Å². The lowest BCUT2D eigenvalue weighted by molar-refractivity contribution is -0.701. The van der Waals surface area contributed by atoms with Crippen molar-refractivity contribution >= 4 is 0 Å². The van der Waals surface area contributed by atoms with Crippen LogP contribution in [0.1, 0.15) is 51.2 Å². The second-order valence-electron chi connectivity index (χ2n) is 4.72. The molecule has 1 aromatic carbocycles.